The van der Waals surface area contributed by atoms with Gasteiger partial charge in [-0.1, -0.05) is 29.5 Å². The van der Waals surface area contributed by atoms with Crippen molar-refractivity contribution in [2.75, 3.05) is 17.7 Å². The van der Waals surface area contributed by atoms with Gasteiger partial charge in [-0.25, -0.2) is 4.98 Å². The van der Waals surface area contributed by atoms with Crippen LogP contribution in [0.2, 0.25) is 0 Å². The van der Waals surface area contributed by atoms with Crippen LogP contribution in [0, 0.1) is 13.8 Å². The summed E-state index contributed by atoms with van der Waals surface area (Å²) >= 11 is 1.33. The summed E-state index contributed by atoms with van der Waals surface area (Å²) in [5, 5.41) is 6.83. The molecule has 25 heavy (non-hydrogen) atoms. The number of carbonyl (C=O) groups excluding carboxylic acids is 1. The summed E-state index contributed by atoms with van der Waals surface area (Å²) in [5.74, 6) is 0.515. The van der Waals surface area contributed by atoms with Gasteiger partial charge in [0.05, 0.1) is 12.8 Å². The number of aryl methyl sites for hydroxylation is 2. The number of hydrogen-bond donors (Lipinski definition) is 2. The zero-order chi connectivity index (χ0) is 17.8. The molecule has 0 fully saturated rings. The van der Waals surface area contributed by atoms with E-state index in [1.165, 1.54) is 11.3 Å². The van der Waals surface area contributed by atoms with Crippen molar-refractivity contribution in [1.29, 1.82) is 0 Å². The highest BCUT2D eigenvalue weighted by molar-refractivity contribution is 7.17. The molecule has 3 rings (SSSR count). The Bertz CT molecular complexity index is 905. The highest BCUT2D eigenvalue weighted by Crippen LogP contribution is 2.27. The van der Waals surface area contributed by atoms with Crippen molar-refractivity contribution in [3.63, 3.8) is 0 Å². The molecular formula is C19H19N3O2S. The molecule has 3 aromatic rings. The summed E-state index contributed by atoms with van der Waals surface area (Å²) in [6, 6.07) is 15.3. The van der Waals surface area contributed by atoms with Gasteiger partial charge in [-0.3, -0.25) is 4.79 Å². The minimum atomic E-state index is -0.180. The van der Waals surface area contributed by atoms with E-state index in [1.807, 2.05) is 56.3 Å². The van der Waals surface area contributed by atoms with Crippen molar-refractivity contribution in [3.8, 4) is 5.75 Å². The Morgan fingerprint density at radius 1 is 1.08 bits per heavy atom. The summed E-state index contributed by atoms with van der Waals surface area (Å²) in [6.07, 6.45) is 0. The Morgan fingerprint density at radius 3 is 2.60 bits per heavy atom. The molecule has 0 aliphatic carbocycles. The molecule has 2 N–H and O–H groups in total. The van der Waals surface area contributed by atoms with Gasteiger partial charge in [0.15, 0.2) is 5.13 Å². The molecule has 0 radical (unpaired) electrons. The van der Waals surface area contributed by atoms with Gasteiger partial charge < -0.3 is 15.4 Å². The molecule has 0 aliphatic rings. The SMILES string of the molecule is COc1cccc(NC(=O)c2sc(Nc3cccc(C)c3)nc2C)c1. The summed E-state index contributed by atoms with van der Waals surface area (Å²) < 4.78 is 5.17. The average Bonchev–Trinajstić information content (AvgIpc) is 2.95. The van der Waals surface area contributed by atoms with Gasteiger partial charge in [-0.05, 0) is 43.7 Å². The van der Waals surface area contributed by atoms with Gasteiger partial charge >= 0.3 is 0 Å². The van der Waals surface area contributed by atoms with E-state index in [-0.39, 0.29) is 5.91 Å². The van der Waals surface area contributed by atoms with Crippen LogP contribution in [0.3, 0.4) is 0 Å². The molecular weight excluding hydrogens is 334 g/mol. The first kappa shape index (κ1) is 17.0. The van der Waals surface area contributed by atoms with Crippen molar-refractivity contribution in [1.82, 2.24) is 4.98 Å². The number of rotatable bonds is 5. The van der Waals surface area contributed by atoms with Gasteiger partial charge in [0.25, 0.3) is 5.91 Å². The number of carbonyl (C=O) groups is 1. The molecule has 0 saturated heterocycles. The maximum absolute atomic E-state index is 12.5. The highest BCUT2D eigenvalue weighted by atomic mass is 32.1. The van der Waals surface area contributed by atoms with Crippen molar-refractivity contribution in [2.24, 2.45) is 0 Å². The summed E-state index contributed by atoms with van der Waals surface area (Å²) in [5.41, 5.74) is 3.49. The van der Waals surface area contributed by atoms with E-state index >= 15 is 0 Å². The lowest BCUT2D eigenvalue weighted by Gasteiger charge is -2.06. The topological polar surface area (TPSA) is 63.2 Å². The fourth-order valence-electron chi connectivity index (χ4n) is 2.40. The maximum atomic E-state index is 12.5. The van der Waals surface area contributed by atoms with Crippen LogP contribution in [0.25, 0.3) is 0 Å². The molecule has 0 unspecified atom stereocenters. The lowest BCUT2D eigenvalue weighted by atomic mass is 10.2. The predicted octanol–water partition coefficient (Wildman–Crippen LogP) is 4.76. The van der Waals surface area contributed by atoms with Crippen LogP contribution in [0.1, 0.15) is 20.9 Å². The fraction of sp³-hybridized carbons (Fsp3) is 0.158. The van der Waals surface area contributed by atoms with Crippen LogP contribution in [0.5, 0.6) is 5.75 Å². The number of hydrogen-bond acceptors (Lipinski definition) is 5. The van der Waals surface area contributed by atoms with E-state index in [4.69, 9.17) is 4.74 Å². The molecule has 0 spiro atoms. The first-order valence-corrected chi connectivity index (χ1v) is 8.63. The van der Waals surface area contributed by atoms with Crippen LogP contribution >= 0.6 is 11.3 Å². The molecule has 0 saturated carbocycles. The number of anilines is 3. The Labute approximate surface area is 150 Å². The number of nitrogens with zero attached hydrogens (tertiary/aromatic N) is 1. The van der Waals surface area contributed by atoms with Crippen molar-refractivity contribution in [3.05, 3.63) is 64.7 Å². The first-order chi connectivity index (χ1) is 12.0. The number of nitrogens with one attached hydrogen (secondary N) is 2. The summed E-state index contributed by atoms with van der Waals surface area (Å²) in [6.45, 7) is 3.86. The van der Waals surface area contributed by atoms with E-state index in [0.717, 1.165) is 11.3 Å². The van der Waals surface area contributed by atoms with Crippen LogP contribution in [0.15, 0.2) is 48.5 Å². The second-order valence-electron chi connectivity index (χ2n) is 5.61. The summed E-state index contributed by atoms with van der Waals surface area (Å²) in [7, 11) is 1.59. The molecule has 0 aliphatic heterocycles. The second kappa shape index (κ2) is 7.36. The van der Waals surface area contributed by atoms with Gasteiger partial charge in [0.2, 0.25) is 0 Å². The van der Waals surface area contributed by atoms with E-state index in [1.54, 1.807) is 13.2 Å². The first-order valence-electron chi connectivity index (χ1n) is 7.81. The number of thiazole rings is 1. The van der Waals surface area contributed by atoms with Gasteiger partial charge in [0, 0.05) is 17.4 Å². The number of ether oxygens (including phenoxy) is 1. The molecule has 1 aromatic heterocycles. The fourth-order valence-corrected chi connectivity index (χ4v) is 3.28. The average molecular weight is 353 g/mol. The molecule has 6 heteroatoms. The van der Waals surface area contributed by atoms with Gasteiger partial charge in [-0.15, -0.1) is 0 Å². The normalized spacial score (nSPS) is 10.4. The Morgan fingerprint density at radius 2 is 1.84 bits per heavy atom. The number of aromatic nitrogens is 1. The molecule has 5 nitrogen and oxygen atoms in total. The smallest absolute Gasteiger partial charge is 0.267 e. The Hall–Kier alpha value is -2.86. The van der Waals surface area contributed by atoms with Crippen molar-refractivity contribution in [2.45, 2.75) is 13.8 Å². The lowest BCUT2D eigenvalue weighted by Crippen LogP contribution is -2.11. The van der Waals surface area contributed by atoms with Crippen LogP contribution in [-0.2, 0) is 0 Å². The quantitative estimate of drug-likeness (QED) is 0.694. The predicted molar refractivity (Wildman–Crippen MR) is 102 cm³/mol. The molecule has 1 heterocycles. The zero-order valence-corrected chi connectivity index (χ0v) is 15.1. The standard InChI is InChI=1S/C19H19N3O2S/c1-12-6-4-7-14(10-12)22-19-20-13(2)17(25-19)18(23)21-15-8-5-9-16(11-15)24-3/h4-11H,1-3H3,(H,20,22)(H,21,23). The number of methoxy groups -OCH3 is 1. The lowest BCUT2D eigenvalue weighted by molar-refractivity contribution is 0.103. The van der Waals surface area contributed by atoms with E-state index in [9.17, 15) is 4.79 Å². The minimum Gasteiger partial charge on any atom is -0.497 e. The van der Waals surface area contributed by atoms with Crippen molar-refractivity contribution >= 4 is 33.8 Å². The van der Waals surface area contributed by atoms with E-state index < -0.39 is 0 Å². The van der Waals surface area contributed by atoms with Crippen molar-refractivity contribution < 1.29 is 9.53 Å². The monoisotopic (exact) mass is 353 g/mol. The second-order valence-corrected chi connectivity index (χ2v) is 6.61. The molecule has 128 valence electrons. The van der Waals surface area contributed by atoms with Gasteiger partial charge in [-0.2, -0.15) is 0 Å². The largest absolute Gasteiger partial charge is 0.497 e. The highest BCUT2D eigenvalue weighted by Gasteiger charge is 2.16. The number of amides is 1. The molecule has 1 amide bonds. The molecule has 0 atom stereocenters. The third-order valence-corrected chi connectivity index (χ3v) is 4.67. The van der Waals surface area contributed by atoms with Crippen LogP contribution in [0.4, 0.5) is 16.5 Å². The third-order valence-electron chi connectivity index (χ3n) is 3.60. The van der Waals surface area contributed by atoms with Gasteiger partial charge in [0.1, 0.15) is 10.6 Å². The maximum Gasteiger partial charge on any atom is 0.267 e. The van der Waals surface area contributed by atoms with E-state index in [0.29, 0.717) is 27.1 Å². The van der Waals surface area contributed by atoms with E-state index in [2.05, 4.69) is 15.6 Å². The summed E-state index contributed by atoms with van der Waals surface area (Å²) in [4.78, 5) is 17.6. The van der Waals surface area contributed by atoms with Crippen LogP contribution in [-0.4, -0.2) is 18.0 Å². The minimum absolute atomic E-state index is 0.180. The number of benzene rings is 2. The third kappa shape index (κ3) is 4.16. The molecule has 2 aromatic carbocycles. The van der Waals surface area contributed by atoms with Crippen LogP contribution < -0.4 is 15.4 Å². The zero-order valence-electron chi connectivity index (χ0n) is 14.3. The Balaban J connectivity index is 1.76. The Kier molecular flexibility index (Phi) is 5.00. The molecule has 0 bridgehead atoms.